The van der Waals surface area contributed by atoms with Crippen molar-refractivity contribution in [2.24, 2.45) is 0 Å². The molecular weight excluding hydrogens is 268 g/mol. The highest BCUT2D eigenvalue weighted by Gasteiger charge is 2.15. The quantitative estimate of drug-likeness (QED) is 0.352. The summed E-state index contributed by atoms with van der Waals surface area (Å²) < 4.78 is 5.04. The first-order valence-electron chi connectivity index (χ1n) is 6.00. The number of nitrogens with zero attached hydrogens (tertiary/aromatic N) is 1. The molecule has 0 aromatic heterocycles. The lowest BCUT2D eigenvalue weighted by Crippen LogP contribution is -2.09. The van der Waals surface area contributed by atoms with Crippen LogP contribution in [-0.4, -0.2) is 47.5 Å². The molecule has 1 aromatic rings. The van der Waals surface area contributed by atoms with Crippen molar-refractivity contribution in [1.29, 1.82) is 0 Å². The van der Waals surface area contributed by atoms with Crippen molar-refractivity contribution < 1.29 is 24.7 Å². The van der Waals surface area contributed by atoms with E-state index in [0.717, 1.165) is 6.07 Å². The maximum atomic E-state index is 10.8. The average Bonchev–Trinajstić information content (AvgIpc) is 2.42. The average molecular weight is 284 g/mol. The van der Waals surface area contributed by atoms with E-state index >= 15 is 0 Å². The normalized spacial score (nSPS) is 10.2. The summed E-state index contributed by atoms with van der Waals surface area (Å²) in [5, 5.41) is 31.0. The smallest absolute Gasteiger partial charge is 0.335 e. The van der Waals surface area contributed by atoms with Gasteiger partial charge in [-0.25, -0.2) is 4.79 Å². The zero-order valence-corrected chi connectivity index (χ0v) is 10.7. The first kappa shape index (κ1) is 15.9. The number of aliphatic hydroxyl groups is 1. The molecule has 0 saturated heterocycles. The Morgan fingerprint density at radius 2 is 2.15 bits per heavy atom. The van der Waals surface area contributed by atoms with Crippen LogP contribution in [0.15, 0.2) is 18.2 Å². The number of carboxylic acid groups (broad SMARTS) is 1. The van der Waals surface area contributed by atoms with Crippen LogP contribution < -0.4 is 5.32 Å². The second kappa shape index (κ2) is 8.08. The van der Waals surface area contributed by atoms with Gasteiger partial charge in [0.15, 0.2) is 0 Å². The van der Waals surface area contributed by atoms with E-state index in [4.69, 9.17) is 14.9 Å². The molecule has 0 bridgehead atoms. The van der Waals surface area contributed by atoms with Gasteiger partial charge in [-0.15, -0.1) is 0 Å². The number of carbonyl (C=O) groups is 1. The Morgan fingerprint density at radius 3 is 2.75 bits per heavy atom. The van der Waals surface area contributed by atoms with Gasteiger partial charge in [0.25, 0.3) is 5.69 Å². The topological polar surface area (TPSA) is 122 Å². The number of nitrogens with one attached hydrogen (secondary N) is 1. The molecule has 0 aliphatic carbocycles. The minimum Gasteiger partial charge on any atom is -0.478 e. The van der Waals surface area contributed by atoms with Crippen LogP contribution >= 0.6 is 0 Å². The third-order valence-electron chi connectivity index (χ3n) is 2.46. The van der Waals surface area contributed by atoms with Gasteiger partial charge < -0.3 is 20.3 Å². The van der Waals surface area contributed by atoms with Gasteiger partial charge >= 0.3 is 5.97 Å². The summed E-state index contributed by atoms with van der Waals surface area (Å²) in [4.78, 5) is 21.1. The highest BCUT2D eigenvalue weighted by atomic mass is 16.6. The van der Waals surface area contributed by atoms with E-state index in [-0.39, 0.29) is 30.2 Å². The van der Waals surface area contributed by atoms with Gasteiger partial charge in [-0.1, -0.05) is 0 Å². The van der Waals surface area contributed by atoms with Crippen molar-refractivity contribution >= 4 is 17.3 Å². The van der Waals surface area contributed by atoms with Crippen LogP contribution in [-0.2, 0) is 4.74 Å². The van der Waals surface area contributed by atoms with Gasteiger partial charge in [-0.3, -0.25) is 10.1 Å². The van der Waals surface area contributed by atoms with Crippen molar-refractivity contribution in [2.75, 3.05) is 31.7 Å². The first-order valence-corrected chi connectivity index (χ1v) is 6.00. The van der Waals surface area contributed by atoms with Crippen LogP contribution in [0.5, 0.6) is 0 Å². The molecule has 0 unspecified atom stereocenters. The highest BCUT2D eigenvalue weighted by molar-refractivity contribution is 5.90. The van der Waals surface area contributed by atoms with E-state index < -0.39 is 10.9 Å². The van der Waals surface area contributed by atoms with Crippen LogP contribution in [0.2, 0.25) is 0 Å². The van der Waals surface area contributed by atoms with E-state index in [9.17, 15) is 14.9 Å². The Labute approximate surface area is 115 Å². The van der Waals surface area contributed by atoms with Crippen molar-refractivity contribution in [2.45, 2.75) is 6.42 Å². The lowest BCUT2D eigenvalue weighted by Gasteiger charge is -2.08. The third kappa shape index (κ3) is 4.82. The molecule has 0 saturated carbocycles. The summed E-state index contributed by atoms with van der Waals surface area (Å²) in [5.74, 6) is -1.14. The van der Waals surface area contributed by atoms with Crippen molar-refractivity contribution in [3.05, 3.63) is 33.9 Å². The van der Waals surface area contributed by atoms with Crippen LogP contribution in [0.25, 0.3) is 0 Å². The van der Waals surface area contributed by atoms with Crippen LogP contribution in [0.4, 0.5) is 11.4 Å². The monoisotopic (exact) mass is 284 g/mol. The van der Waals surface area contributed by atoms with Gasteiger partial charge in [0.05, 0.1) is 23.7 Å². The molecule has 110 valence electrons. The van der Waals surface area contributed by atoms with Crippen LogP contribution in [0.1, 0.15) is 16.8 Å². The number of carboxylic acids is 1. The van der Waals surface area contributed by atoms with E-state index in [1.54, 1.807) is 0 Å². The number of aliphatic hydroxyl groups excluding tert-OH is 1. The number of aromatic carboxylic acids is 1. The van der Waals surface area contributed by atoms with E-state index in [2.05, 4.69) is 5.32 Å². The molecule has 0 radical (unpaired) electrons. The Kier molecular flexibility index (Phi) is 6.41. The molecule has 0 atom stereocenters. The summed E-state index contributed by atoms with van der Waals surface area (Å²) in [7, 11) is 0. The molecule has 1 aromatic carbocycles. The SMILES string of the molecule is O=C(O)c1ccc([N+](=O)[O-])c(NCCCOCCO)c1. The van der Waals surface area contributed by atoms with Crippen molar-refractivity contribution in [3.63, 3.8) is 0 Å². The fourth-order valence-electron chi connectivity index (χ4n) is 1.53. The Hall–Kier alpha value is -2.19. The summed E-state index contributed by atoms with van der Waals surface area (Å²) in [6.07, 6.45) is 0.578. The number of benzene rings is 1. The minimum atomic E-state index is -1.14. The standard InChI is InChI=1S/C12H16N2O6/c15-5-7-20-6-1-4-13-10-8-9(12(16)17)2-3-11(10)14(18)19/h2-3,8,13,15H,1,4-7H2,(H,16,17). The number of anilines is 1. The minimum absolute atomic E-state index is 0.0189. The van der Waals surface area contributed by atoms with Gasteiger partial charge in [0, 0.05) is 19.2 Å². The number of ether oxygens (including phenoxy) is 1. The molecule has 8 nitrogen and oxygen atoms in total. The van der Waals surface area contributed by atoms with Gasteiger partial charge in [0.1, 0.15) is 5.69 Å². The van der Waals surface area contributed by atoms with Crippen LogP contribution in [0, 0.1) is 10.1 Å². The summed E-state index contributed by atoms with van der Waals surface area (Å²) >= 11 is 0. The summed E-state index contributed by atoms with van der Waals surface area (Å²) in [6, 6.07) is 3.58. The predicted octanol–water partition coefficient (Wildman–Crippen LogP) is 1.10. The van der Waals surface area contributed by atoms with Gasteiger partial charge in [-0.05, 0) is 18.6 Å². The maximum Gasteiger partial charge on any atom is 0.335 e. The second-order valence-corrected chi connectivity index (χ2v) is 3.91. The largest absolute Gasteiger partial charge is 0.478 e. The third-order valence-corrected chi connectivity index (χ3v) is 2.46. The lowest BCUT2D eigenvalue weighted by molar-refractivity contribution is -0.384. The fourth-order valence-corrected chi connectivity index (χ4v) is 1.53. The molecule has 8 heteroatoms. The molecular formula is C12H16N2O6. The van der Waals surface area contributed by atoms with Crippen molar-refractivity contribution in [3.8, 4) is 0 Å². The molecule has 0 spiro atoms. The van der Waals surface area contributed by atoms with E-state index in [1.165, 1.54) is 12.1 Å². The molecule has 0 fully saturated rings. The number of nitro benzene ring substituents is 1. The number of rotatable bonds is 9. The lowest BCUT2D eigenvalue weighted by atomic mass is 10.1. The molecule has 0 heterocycles. The van der Waals surface area contributed by atoms with Crippen LogP contribution in [0.3, 0.4) is 0 Å². The zero-order valence-electron chi connectivity index (χ0n) is 10.7. The number of hydrogen-bond acceptors (Lipinski definition) is 6. The molecule has 3 N–H and O–H groups in total. The molecule has 0 aliphatic heterocycles. The van der Waals surface area contributed by atoms with Gasteiger partial charge in [0.2, 0.25) is 0 Å². The Morgan fingerprint density at radius 1 is 1.40 bits per heavy atom. The number of nitro groups is 1. The Balaban J connectivity index is 2.63. The van der Waals surface area contributed by atoms with E-state index in [0.29, 0.717) is 19.6 Å². The summed E-state index contributed by atoms with van der Waals surface area (Å²) in [6.45, 7) is 0.990. The van der Waals surface area contributed by atoms with Crippen molar-refractivity contribution in [1.82, 2.24) is 0 Å². The maximum absolute atomic E-state index is 10.8. The molecule has 0 amide bonds. The predicted molar refractivity (Wildman–Crippen MR) is 71.1 cm³/mol. The molecule has 0 aliphatic rings. The second-order valence-electron chi connectivity index (χ2n) is 3.91. The fraction of sp³-hybridized carbons (Fsp3) is 0.417. The number of hydrogen-bond donors (Lipinski definition) is 3. The van der Waals surface area contributed by atoms with E-state index in [1.807, 2.05) is 0 Å². The highest BCUT2D eigenvalue weighted by Crippen LogP contribution is 2.25. The molecule has 1 rings (SSSR count). The first-order chi connectivity index (χ1) is 9.56. The van der Waals surface area contributed by atoms with Gasteiger partial charge in [-0.2, -0.15) is 0 Å². The Bertz CT molecular complexity index is 477. The summed E-state index contributed by atoms with van der Waals surface area (Å²) in [5.41, 5.74) is -0.0297. The zero-order chi connectivity index (χ0) is 15.0. The molecule has 20 heavy (non-hydrogen) atoms.